The van der Waals surface area contributed by atoms with Gasteiger partial charge < -0.3 is 15.2 Å². The van der Waals surface area contributed by atoms with Gasteiger partial charge in [0.1, 0.15) is 17.1 Å². The van der Waals surface area contributed by atoms with Crippen molar-refractivity contribution in [3.8, 4) is 0 Å². The number of aryl methyl sites for hydroxylation is 1. The number of hydrogen-bond donors (Lipinski definition) is 2. The molecule has 1 aliphatic rings. The van der Waals surface area contributed by atoms with Gasteiger partial charge in [-0.3, -0.25) is 14.8 Å². The summed E-state index contributed by atoms with van der Waals surface area (Å²) >= 11 is 6.73. The lowest BCUT2D eigenvalue weighted by atomic mass is 9.96. The van der Waals surface area contributed by atoms with Crippen LogP contribution in [0.15, 0.2) is 63.6 Å². The summed E-state index contributed by atoms with van der Waals surface area (Å²) in [6.07, 6.45) is 1.34. The zero-order chi connectivity index (χ0) is 31.1. The molecule has 226 valence electrons. The smallest absolute Gasteiger partial charge is 0.263 e. The van der Waals surface area contributed by atoms with Crippen molar-refractivity contribution in [2.75, 3.05) is 18.9 Å². The van der Waals surface area contributed by atoms with Crippen molar-refractivity contribution in [3.05, 3.63) is 81.0 Å². The molecule has 2 aromatic heterocycles. The normalized spacial score (nSPS) is 15.5. The minimum atomic E-state index is -2.57. The summed E-state index contributed by atoms with van der Waals surface area (Å²) in [5.74, 6) is 0.589. The lowest BCUT2D eigenvalue weighted by Crippen LogP contribution is -2.33. The van der Waals surface area contributed by atoms with E-state index in [0.717, 1.165) is 5.56 Å². The molecular weight excluding hydrogens is 574 g/mol. The Bertz CT molecular complexity index is 1770. The van der Waals surface area contributed by atoms with E-state index in [1.807, 2.05) is 18.2 Å². The zero-order valence-corrected chi connectivity index (χ0v) is 25.6. The van der Waals surface area contributed by atoms with E-state index in [0.29, 0.717) is 63.6 Å². The highest BCUT2D eigenvalue weighted by molar-refractivity contribution is 6.34. The molecular formula is C31H35ClF2N8O. The fourth-order valence-corrected chi connectivity index (χ4v) is 5.38. The van der Waals surface area contributed by atoms with Gasteiger partial charge in [0.15, 0.2) is 0 Å². The van der Waals surface area contributed by atoms with Gasteiger partial charge in [-0.15, -0.1) is 5.10 Å². The second-order valence-electron chi connectivity index (χ2n) is 12.1. The van der Waals surface area contributed by atoms with Crippen LogP contribution in [0.2, 0.25) is 5.02 Å². The van der Waals surface area contributed by atoms with E-state index in [4.69, 9.17) is 11.6 Å². The quantitative estimate of drug-likeness (QED) is 0.177. The number of alkyl halides is 2. The first-order valence-corrected chi connectivity index (χ1v) is 14.3. The van der Waals surface area contributed by atoms with E-state index in [1.165, 1.54) is 9.25 Å². The highest BCUT2D eigenvalue weighted by atomic mass is 35.5. The lowest BCUT2D eigenvalue weighted by Gasteiger charge is -2.23. The molecule has 1 aliphatic carbocycles. The summed E-state index contributed by atoms with van der Waals surface area (Å²) in [7, 11) is 3.37. The number of halogens is 3. The Morgan fingerprint density at radius 1 is 1.21 bits per heavy atom. The number of benzene rings is 2. The highest BCUT2D eigenvalue weighted by Crippen LogP contribution is 2.48. The van der Waals surface area contributed by atoms with E-state index in [2.05, 4.69) is 58.4 Å². The third-order valence-corrected chi connectivity index (χ3v) is 7.98. The Labute approximate surface area is 253 Å². The minimum absolute atomic E-state index is 0.0170. The van der Waals surface area contributed by atoms with Crippen molar-refractivity contribution >= 4 is 46.3 Å². The third kappa shape index (κ3) is 5.90. The molecule has 9 nitrogen and oxygen atoms in total. The number of pyridine rings is 1. The topological polar surface area (TPSA) is 101 Å². The summed E-state index contributed by atoms with van der Waals surface area (Å²) in [5, 5.41) is 16.9. The number of amidine groups is 1. The molecule has 1 atom stereocenters. The molecule has 0 spiro atoms. The van der Waals surface area contributed by atoms with Crippen LogP contribution < -0.4 is 16.2 Å². The molecule has 2 N–H and O–H groups in total. The van der Waals surface area contributed by atoms with Crippen LogP contribution in [0.3, 0.4) is 0 Å². The molecule has 12 heteroatoms. The number of nitrogens with zero attached hydrogens (tertiary/aromatic N) is 6. The largest absolute Gasteiger partial charge is 0.373 e. The number of hydrogen-bond acceptors (Lipinski definition) is 6. The van der Waals surface area contributed by atoms with Gasteiger partial charge in [-0.25, -0.2) is 13.5 Å². The number of anilines is 1. The van der Waals surface area contributed by atoms with Crippen molar-refractivity contribution in [3.63, 3.8) is 0 Å². The van der Waals surface area contributed by atoms with Crippen LogP contribution in [-0.4, -0.2) is 52.1 Å². The van der Waals surface area contributed by atoms with Crippen LogP contribution in [0, 0.1) is 5.41 Å². The van der Waals surface area contributed by atoms with Crippen LogP contribution in [0.5, 0.6) is 0 Å². The Balaban J connectivity index is 1.64. The van der Waals surface area contributed by atoms with Crippen LogP contribution in [0.25, 0.3) is 10.8 Å². The van der Waals surface area contributed by atoms with Crippen LogP contribution in [-0.2, 0) is 12.6 Å². The van der Waals surface area contributed by atoms with E-state index in [9.17, 15) is 13.6 Å². The van der Waals surface area contributed by atoms with Crippen LogP contribution in [0.4, 0.5) is 20.2 Å². The molecule has 0 unspecified atom stereocenters. The van der Waals surface area contributed by atoms with Gasteiger partial charge in [0.25, 0.3) is 12.0 Å². The molecule has 0 amide bonds. The predicted molar refractivity (Wildman–Crippen MR) is 168 cm³/mol. The van der Waals surface area contributed by atoms with Gasteiger partial charge in [-0.1, -0.05) is 49.7 Å². The highest BCUT2D eigenvalue weighted by Gasteiger charge is 2.54. The number of aliphatic imine (C=N–C) groups is 2. The Morgan fingerprint density at radius 2 is 1.95 bits per heavy atom. The van der Waals surface area contributed by atoms with E-state index in [-0.39, 0.29) is 11.0 Å². The molecule has 0 bridgehead atoms. The Morgan fingerprint density at radius 3 is 2.58 bits per heavy atom. The molecule has 2 heterocycles. The van der Waals surface area contributed by atoms with Crippen molar-refractivity contribution in [1.29, 1.82) is 0 Å². The number of nitrogens with one attached hydrogen (secondary N) is 2. The van der Waals surface area contributed by atoms with Crippen molar-refractivity contribution in [2.24, 2.45) is 22.4 Å². The van der Waals surface area contributed by atoms with Gasteiger partial charge in [-0.2, -0.15) is 0 Å². The summed E-state index contributed by atoms with van der Waals surface area (Å²) in [4.78, 5) is 21.6. The first-order chi connectivity index (χ1) is 20.4. The fourth-order valence-electron chi connectivity index (χ4n) is 5.10. The summed E-state index contributed by atoms with van der Waals surface area (Å²) in [6.45, 7) is 10.7. The van der Waals surface area contributed by atoms with E-state index < -0.39 is 18.0 Å². The maximum Gasteiger partial charge on any atom is 0.263 e. The molecule has 0 saturated heterocycles. The molecule has 0 radical (unpaired) electrons. The maximum atomic E-state index is 14.0. The number of rotatable bonds is 9. The Kier molecular flexibility index (Phi) is 8.13. The first kappa shape index (κ1) is 30.3. The summed E-state index contributed by atoms with van der Waals surface area (Å²) in [5.41, 5.74) is 1.33. The van der Waals surface area contributed by atoms with E-state index in [1.54, 1.807) is 44.7 Å². The average Bonchev–Trinajstić information content (AvgIpc) is 3.63. The van der Waals surface area contributed by atoms with Gasteiger partial charge in [0.2, 0.25) is 0 Å². The minimum Gasteiger partial charge on any atom is -0.373 e. The van der Waals surface area contributed by atoms with Crippen LogP contribution in [0.1, 0.15) is 56.5 Å². The molecule has 4 aromatic rings. The predicted octanol–water partition coefficient (Wildman–Crippen LogP) is 6.08. The Hall–Kier alpha value is -4.12. The van der Waals surface area contributed by atoms with Gasteiger partial charge in [0, 0.05) is 43.5 Å². The first-order valence-electron chi connectivity index (χ1n) is 14.0. The monoisotopic (exact) mass is 608 g/mol. The second-order valence-corrected chi connectivity index (χ2v) is 12.5. The molecule has 2 aromatic carbocycles. The zero-order valence-electron chi connectivity index (χ0n) is 24.8. The maximum absolute atomic E-state index is 14.0. The lowest BCUT2D eigenvalue weighted by molar-refractivity contribution is 0.0593. The van der Waals surface area contributed by atoms with Gasteiger partial charge >= 0.3 is 0 Å². The standard InChI is InChI=1S/C31H35ClF2N8O/c1-30(2,3)17-37-27(36-5)22-14-18(15-23(32)25(22)35-4)38-26(24-16-42(40-39-24)31(11-12-31)29(33)34)20-8-7-9-21-19(20)10-13-41(6)28(21)43/h7-10,13-16,26,29,38H,4,11-12,17H2,1-3,5-6H3,(H,36,37)/t26-/m0/s1. The summed E-state index contributed by atoms with van der Waals surface area (Å²) in [6, 6.07) is 10.2. The van der Waals surface area contributed by atoms with Gasteiger partial charge in [-0.05, 0) is 60.2 Å². The molecule has 1 fully saturated rings. The SMILES string of the molecule is C=Nc1c(Cl)cc(N[C@H](c2cn(C3(C(F)F)CC3)nn2)c2cccc3c(=O)n(C)ccc23)cc1C(=NC)NCC(C)(C)C. The van der Waals surface area contributed by atoms with Crippen LogP contribution >= 0.6 is 11.6 Å². The second kappa shape index (κ2) is 11.5. The third-order valence-electron chi connectivity index (χ3n) is 7.70. The molecule has 0 aliphatic heterocycles. The van der Waals surface area contributed by atoms with E-state index >= 15 is 0 Å². The summed E-state index contributed by atoms with van der Waals surface area (Å²) < 4.78 is 30.7. The molecule has 43 heavy (non-hydrogen) atoms. The van der Waals surface area contributed by atoms with Gasteiger partial charge in [0.05, 0.1) is 22.9 Å². The molecule has 1 saturated carbocycles. The molecule has 5 rings (SSSR count). The average molecular weight is 609 g/mol. The number of aromatic nitrogens is 4. The van der Waals surface area contributed by atoms with Crippen molar-refractivity contribution in [1.82, 2.24) is 24.9 Å². The fraction of sp³-hybridized carbons (Fsp3) is 0.387. The number of fused-ring (bicyclic) bond motifs is 1. The van der Waals surface area contributed by atoms with Crippen molar-refractivity contribution < 1.29 is 8.78 Å². The van der Waals surface area contributed by atoms with Crippen molar-refractivity contribution in [2.45, 2.75) is 51.6 Å².